The van der Waals surface area contributed by atoms with Gasteiger partial charge in [0.15, 0.2) is 0 Å². The molecule has 4 unspecified atom stereocenters. The van der Waals surface area contributed by atoms with Crippen molar-refractivity contribution in [3.05, 3.63) is 0 Å². The third-order valence-corrected chi connectivity index (χ3v) is 4.15. The molecule has 1 aliphatic heterocycles. The first kappa shape index (κ1) is 10.4. The van der Waals surface area contributed by atoms with E-state index in [0.717, 1.165) is 23.9 Å². The smallest absolute Gasteiger partial charge is 0.00941 e. The largest absolute Gasteiger partial charge is 0.314 e. The summed E-state index contributed by atoms with van der Waals surface area (Å²) in [5.41, 5.74) is 0. The van der Waals surface area contributed by atoms with Crippen molar-refractivity contribution in [1.29, 1.82) is 0 Å². The van der Waals surface area contributed by atoms with Crippen LogP contribution in [0.25, 0.3) is 0 Å². The van der Waals surface area contributed by atoms with Crippen molar-refractivity contribution >= 4 is 0 Å². The zero-order valence-electron chi connectivity index (χ0n) is 9.79. The molecule has 1 N–H and O–H groups in total. The minimum Gasteiger partial charge on any atom is -0.314 e. The molecule has 0 spiro atoms. The molecule has 82 valence electrons. The quantitative estimate of drug-likeness (QED) is 0.739. The van der Waals surface area contributed by atoms with Gasteiger partial charge in [0.05, 0.1) is 0 Å². The van der Waals surface area contributed by atoms with Crippen molar-refractivity contribution in [1.82, 2.24) is 10.2 Å². The third kappa shape index (κ3) is 2.48. The summed E-state index contributed by atoms with van der Waals surface area (Å²) >= 11 is 0. The number of hydrogen-bond acceptors (Lipinski definition) is 2. The fraction of sp³-hybridized carbons (Fsp3) is 1.00. The van der Waals surface area contributed by atoms with Gasteiger partial charge >= 0.3 is 0 Å². The molecule has 0 aromatic carbocycles. The molecular formula is C12H24N2. The Hall–Kier alpha value is -0.0800. The van der Waals surface area contributed by atoms with E-state index >= 15 is 0 Å². The highest BCUT2D eigenvalue weighted by atomic mass is 15.1. The van der Waals surface area contributed by atoms with Crippen molar-refractivity contribution in [2.75, 3.05) is 20.1 Å². The van der Waals surface area contributed by atoms with E-state index in [2.05, 4.69) is 31.1 Å². The molecule has 1 saturated heterocycles. The molecule has 2 fully saturated rings. The lowest BCUT2D eigenvalue weighted by atomic mass is 9.99. The normalized spacial score (nSPS) is 43.9. The highest BCUT2D eigenvalue weighted by Gasteiger charge is 2.33. The average Bonchev–Trinajstić information content (AvgIpc) is 2.85. The van der Waals surface area contributed by atoms with Gasteiger partial charge in [-0.25, -0.2) is 0 Å². The van der Waals surface area contributed by atoms with Crippen molar-refractivity contribution in [2.24, 2.45) is 11.8 Å². The standard InChI is InChI=1S/C12H24N2/c1-9-6-11(9)8-13-12-4-5-14(3)10(2)7-12/h9-13H,4-8H2,1-3H3. The van der Waals surface area contributed by atoms with Crippen LogP contribution in [0.1, 0.15) is 33.1 Å². The maximum absolute atomic E-state index is 3.74. The van der Waals surface area contributed by atoms with Crippen molar-refractivity contribution in [3.63, 3.8) is 0 Å². The van der Waals surface area contributed by atoms with Gasteiger partial charge in [0.2, 0.25) is 0 Å². The molecule has 2 rings (SSSR count). The Morgan fingerprint density at radius 2 is 2.00 bits per heavy atom. The summed E-state index contributed by atoms with van der Waals surface area (Å²) in [4.78, 5) is 2.47. The molecule has 2 aliphatic rings. The predicted molar refractivity (Wildman–Crippen MR) is 60.4 cm³/mol. The summed E-state index contributed by atoms with van der Waals surface area (Å²) in [5, 5.41) is 3.74. The zero-order valence-corrected chi connectivity index (χ0v) is 9.79. The maximum atomic E-state index is 3.74. The van der Waals surface area contributed by atoms with E-state index in [1.807, 2.05) is 0 Å². The number of likely N-dealkylation sites (tertiary alicyclic amines) is 1. The van der Waals surface area contributed by atoms with Crippen molar-refractivity contribution in [3.8, 4) is 0 Å². The molecule has 0 aromatic heterocycles. The summed E-state index contributed by atoms with van der Waals surface area (Å²) in [6, 6.07) is 1.55. The molecule has 2 heteroatoms. The Labute approximate surface area is 88.1 Å². The van der Waals surface area contributed by atoms with Gasteiger partial charge in [-0.15, -0.1) is 0 Å². The van der Waals surface area contributed by atoms with Crippen molar-refractivity contribution < 1.29 is 0 Å². The Morgan fingerprint density at radius 1 is 1.29 bits per heavy atom. The van der Waals surface area contributed by atoms with E-state index in [4.69, 9.17) is 0 Å². The van der Waals surface area contributed by atoms with Crippen LogP contribution in [0.3, 0.4) is 0 Å². The lowest BCUT2D eigenvalue weighted by Crippen LogP contribution is -2.46. The fourth-order valence-electron chi connectivity index (χ4n) is 2.48. The van der Waals surface area contributed by atoms with Crippen LogP contribution in [0, 0.1) is 11.8 Å². The number of hydrogen-bond donors (Lipinski definition) is 1. The first-order valence-corrected chi connectivity index (χ1v) is 6.10. The first-order chi connectivity index (χ1) is 6.66. The molecule has 0 bridgehead atoms. The van der Waals surface area contributed by atoms with Gasteiger partial charge in [-0.1, -0.05) is 6.92 Å². The number of piperidine rings is 1. The number of nitrogens with zero attached hydrogens (tertiary/aromatic N) is 1. The third-order valence-electron chi connectivity index (χ3n) is 4.15. The van der Waals surface area contributed by atoms with Gasteiger partial charge in [0.1, 0.15) is 0 Å². The Bertz CT molecular complexity index is 193. The van der Waals surface area contributed by atoms with Crippen LogP contribution in [0.5, 0.6) is 0 Å². The lowest BCUT2D eigenvalue weighted by molar-refractivity contribution is 0.168. The summed E-state index contributed by atoms with van der Waals surface area (Å²) in [6.07, 6.45) is 4.12. The predicted octanol–water partition coefficient (Wildman–Crippen LogP) is 1.71. The van der Waals surface area contributed by atoms with Gasteiger partial charge in [-0.05, 0) is 58.2 Å². The Morgan fingerprint density at radius 3 is 2.57 bits per heavy atom. The molecule has 14 heavy (non-hydrogen) atoms. The van der Waals surface area contributed by atoms with Gasteiger partial charge in [0, 0.05) is 12.1 Å². The van der Waals surface area contributed by atoms with Crippen LogP contribution in [-0.4, -0.2) is 37.1 Å². The minimum atomic E-state index is 0.762. The summed E-state index contributed by atoms with van der Waals surface area (Å²) in [6.45, 7) is 7.23. The molecule has 0 amide bonds. The van der Waals surface area contributed by atoms with Crippen LogP contribution in [0.4, 0.5) is 0 Å². The molecule has 1 saturated carbocycles. The van der Waals surface area contributed by atoms with Gasteiger partial charge in [-0.3, -0.25) is 0 Å². The zero-order chi connectivity index (χ0) is 10.1. The summed E-state index contributed by atoms with van der Waals surface area (Å²) in [5.74, 6) is 1.98. The molecular weight excluding hydrogens is 172 g/mol. The Kier molecular flexibility index (Phi) is 3.13. The highest BCUT2D eigenvalue weighted by molar-refractivity contribution is 4.87. The second kappa shape index (κ2) is 4.19. The molecule has 2 nitrogen and oxygen atoms in total. The van der Waals surface area contributed by atoms with Crippen LogP contribution in [0.15, 0.2) is 0 Å². The first-order valence-electron chi connectivity index (χ1n) is 6.10. The van der Waals surface area contributed by atoms with Gasteiger partial charge in [0.25, 0.3) is 0 Å². The monoisotopic (exact) mass is 196 g/mol. The fourth-order valence-corrected chi connectivity index (χ4v) is 2.48. The van der Waals surface area contributed by atoms with Crippen LogP contribution >= 0.6 is 0 Å². The molecule has 0 radical (unpaired) electrons. The number of rotatable bonds is 3. The van der Waals surface area contributed by atoms with E-state index in [1.165, 1.54) is 32.4 Å². The molecule has 4 atom stereocenters. The van der Waals surface area contributed by atoms with Crippen molar-refractivity contribution in [2.45, 2.75) is 45.2 Å². The maximum Gasteiger partial charge on any atom is 0.00941 e. The van der Waals surface area contributed by atoms with Gasteiger partial charge < -0.3 is 10.2 Å². The highest BCUT2D eigenvalue weighted by Crippen LogP contribution is 2.37. The van der Waals surface area contributed by atoms with E-state index in [1.54, 1.807) is 0 Å². The van der Waals surface area contributed by atoms with Crippen LogP contribution in [-0.2, 0) is 0 Å². The van der Waals surface area contributed by atoms with E-state index in [-0.39, 0.29) is 0 Å². The van der Waals surface area contributed by atoms with Crippen LogP contribution < -0.4 is 5.32 Å². The molecule has 0 aromatic rings. The summed E-state index contributed by atoms with van der Waals surface area (Å²) in [7, 11) is 2.24. The van der Waals surface area contributed by atoms with Crippen LogP contribution in [0.2, 0.25) is 0 Å². The SMILES string of the molecule is CC1CC1CNC1CCN(C)C(C)C1. The Balaban J connectivity index is 1.66. The topological polar surface area (TPSA) is 15.3 Å². The minimum absolute atomic E-state index is 0.762. The molecule has 1 heterocycles. The summed E-state index contributed by atoms with van der Waals surface area (Å²) < 4.78 is 0. The lowest BCUT2D eigenvalue weighted by Gasteiger charge is -2.35. The number of nitrogens with one attached hydrogen (secondary N) is 1. The van der Waals surface area contributed by atoms with E-state index in [0.29, 0.717) is 0 Å². The van der Waals surface area contributed by atoms with E-state index in [9.17, 15) is 0 Å². The molecule has 1 aliphatic carbocycles. The second-order valence-electron chi connectivity index (χ2n) is 5.43. The second-order valence-corrected chi connectivity index (χ2v) is 5.43. The van der Waals surface area contributed by atoms with Gasteiger partial charge in [-0.2, -0.15) is 0 Å². The van der Waals surface area contributed by atoms with E-state index < -0.39 is 0 Å². The average molecular weight is 196 g/mol.